The Balaban J connectivity index is 3.94. The highest BCUT2D eigenvalue weighted by Crippen LogP contribution is 2.06. The van der Waals surface area contributed by atoms with E-state index in [9.17, 15) is 9.59 Å². The van der Waals surface area contributed by atoms with Gasteiger partial charge in [-0.3, -0.25) is 9.59 Å². The molecule has 1 unspecified atom stereocenters. The number of rotatable bonds is 5. The van der Waals surface area contributed by atoms with E-state index in [0.717, 1.165) is 0 Å². The van der Waals surface area contributed by atoms with Gasteiger partial charge < -0.3 is 4.74 Å². The summed E-state index contributed by atoms with van der Waals surface area (Å²) in [5.74, 6) is -0.806. The Morgan fingerprint density at radius 1 is 1.58 bits per heavy atom. The van der Waals surface area contributed by atoms with Crippen molar-refractivity contribution in [3.05, 3.63) is 12.7 Å². The van der Waals surface area contributed by atoms with E-state index in [4.69, 9.17) is 0 Å². The highest BCUT2D eigenvalue weighted by atomic mass is 16.5. The maximum atomic E-state index is 10.9. The molecule has 0 aromatic heterocycles. The highest BCUT2D eigenvalue weighted by Gasteiger charge is 2.15. The van der Waals surface area contributed by atoms with Gasteiger partial charge in [-0.25, -0.2) is 0 Å². The zero-order chi connectivity index (χ0) is 9.56. The van der Waals surface area contributed by atoms with E-state index in [1.807, 2.05) is 0 Å². The molecule has 0 saturated carbocycles. The molecule has 12 heavy (non-hydrogen) atoms. The minimum Gasteiger partial charge on any atom is -0.466 e. The molecule has 0 amide bonds. The second-order valence-electron chi connectivity index (χ2n) is 2.46. The number of carbonyl (C=O) groups excluding carboxylic acids is 2. The Labute approximate surface area is 72.4 Å². The van der Waals surface area contributed by atoms with E-state index in [-0.39, 0.29) is 18.2 Å². The van der Waals surface area contributed by atoms with Crippen molar-refractivity contribution < 1.29 is 14.3 Å². The molecule has 0 spiro atoms. The minimum absolute atomic E-state index is 0.0574. The molecular formula is C9H14O3. The molecule has 0 radical (unpaired) electrons. The number of esters is 1. The van der Waals surface area contributed by atoms with E-state index in [0.29, 0.717) is 6.61 Å². The minimum atomic E-state index is -0.399. The van der Waals surface area contributed by atoms with Crippen LogP contribution in [0.5, 0.6) is 0 Å². The van der Waals surface area contributed by atoms with E-state index >= 15 is 0 Å². The van der Waals surface area contributed by atoms with Crippen molar-refractivity contribution in [3.8, 4) is 0 Å². The second kappa shape index (κ2) is 5.52. The molecule has 0 aromatic rings. The van der Waals surface area contributed by atoms with Crippen molar-refractivity contribution in [2.24, 2.45) is 5.92 Å². The van der Waals surface area contributed by atoms with Crippen LogP contribution in [-0.2, 0) is 14.3 Å². The maximum absolute atomic E-state index is 10.9. The van der Waals surface area contributed by atoms with Gasteiger partial charge in [0.1, 0.15) is 5.78 Å². The monoisotopic (exact) mass is 170 g/mol. The summed E-state index contributed by atoms with van der Waals surface area (Å²) in [5.41, 5.74) is 0. The molecule has 0 aliphatic rings. The van der Waals surface area contributed by atoms with Gasteiger partial charge in [0.2, 0.25) is 0 Å². The fraction of sp³-hybridized carbons (Fsp3) is 0.556. The number of ketones is 1. The highest BCUT2D eigenvalue weighted by molar-refractivity contribution is 5.84. The van der Waals surface area contributed by atoms with Crippen LogP contribution in [0.1, 0.15) is 20.3 Å². The standard InChI is InChI=1S/C9H14O3/c1-4-8(7(3)10)6-9(11)12-5-2/h4,8H,1,5-6H2,2-3H3. The third-order valence-electron chi connectivity index (χ3n) is 1.50. The Bertz CT molecular complexity index is 184. The average molecular weight is 170 g/mol. The lowest BCUT2D eigenvalue weighted by Gasteiger charge is -2.06. The molecule has 0 saturated heterocycles. The Morgan fingerprint density at radius 3 is 2.50 bits per heavy atom. The van der Waals surface area contributed by atoms with Crippen molar-refractivity contribution in [1.29, 1.82) is 0 Å². The van der Waals surface area contributed by atoms with Gasteiger partial charge in [-0.15, -0.1) is 6.58 Å². The molecule has 0 bridgehead atoms. The molecule has 0 rings (SSSR count). The van der Waals surface area contributed by atoms with Crippen LogP contribution in [0.15, 0.2) is 12.7 Å². The first-order valence-corrected chi connectivity index (χ1v) is 3.90. The van der Waals surface area contributed by atoms with Gasteiger partial charge in [0, 0.05) is 5.92 Å². The SMILES string of the molecule is C=CC(CC(=O)OCC)C(C)=O. The van der Waals surface area contributed by atoms with Crippen LogP contribution in [0.3, 0.4) is 0 Å². The first-order chi connectivity index (χ1) is 5.61. The van der Waals surface area contributed by atoms with Crippen molar-refractivity contribution >= 4 is 11.8 Å². The topological polar surface area (TPSA) is 43.4 Å². The van der Waals surface area contributed by atoms with Crippen LogP contribution in [0.2, 0.25) is 0 Å². The summed E-state index contributed by atoms with van der Waals surface area (Å²) < 4.78 is 4.69. The molecule has 0 aromatic carbocycles. The molecule has 0 aliphatic carbocycles. The Kier molecular flexibility index (Phi) is 5.00. The number of hydrogen-bond acceptors (Lipinski definition) is 3. The van der Waals surface area contributed by atoms with Gasteiger partial charge in [0.25, 0.3) is 0 Å². The van der Waals surface area contributed by atoms with E-state index in [1.54, 1.807) is 6.92 Å². The van der Waals surface area contributed by atoms with Crippen LogP contribution in [0.4, 0.5) is 0 Å². The summed E-state index contributed by atoms with van der Waals surface area (Å²) in [7, 11) is 0. The normalized spacial score (nSPS) is 11.8. The van der Waals surface area contributed by atoms with Crippen LogP contribution >= 0.6 is 0 Å². The maximum Gasteiger partial charge on any atom is 0.306 e. The Morgan fingerprint density at radius 2 is 2.17 bits per heavy atom. The Hall–Kier alpha value is -1.12. The summed E-state index contributed by atoms with van der Waals surface area (Å²) in [6, 6.07) is 0. The van der Waals surface area contributed by atoms with Crippen LogP contribution in [-0.4, -0.2) is 18.4 Å². The lowest BCUT2D eigenvalue weighted by molar-refractivity contribution is -0.145. The predicted molar refractivity (Wildman–Crippen MR) is 45.6 cm³/mol. The number of ether oxygens (including phenoxy) is 1. The zero-order valence-corrected chi connectivity index (χ0v) is 7.50. The van der Waals surface area contributed by atoms with Crippen molar-refractivity contribution in [2.75, 3.05) is 6.61 Å². The second-order valence-corrected chi connectivity index (χ2v) is 2.46. The van der Waals surface area contributed by atoms with Crippen molar-refractivity contribution in [1.82, 2.24) is 0 Å². The van der Waals surface area contributed by atoms with E-state index < -0.39 is 5.92 Å². The first kappa shape index (κ1) is 10.9. The quantitative estimate of drug-likeness (QED) is 0.462. The van der Waals surface area contributed by atoms with Gasteiger partial charge in [-0.2, -0.15) is 0 Å². The molecular weight excluding hydrogens is 156 g/mol. The lowest BCUT2D eigenvalue weighted by atomic mass is 10.0. The summed E-state index contributed by atoms with van der Waals surface area (Å²) in [6.07, 6.45) is 1.58. The largest absolute Gasteiger partial charge is 0.466 e. The molecule has 0 heterocycles. The van der Waals surface area contributed by atoms with Gasteiger partial charge >= 0.3 is 5.97 Å². The average Bonchev–Trinajstić information content (AvgIpc) is 2.00. The van der Waals surface area contributed by atoms with Gasteiger partial charge in [-0.05, 0) is 13.8 Å². The molecule has 3 heteroatoms. The van der Waals surface area contributed by atoms with Crippen LogP contribution < -0.4 is 0 Å². The summed E-state index contributed by atoms with van der Waals surface area (Å²) in [4.78, 5) is 21.7. The lowest BCUT2D eigenvalue weighted by Crippen LogP contribution is -2.15. The smallest absolute Gasteiger partial charge is 0.306 e. The summed E-state index contributed by atoms with van der Waals surface area (Å²) >= 11 is 0. The van der Waals surface area contributed by atoms with E-state index in [1.165, 1.54) is 13.0 Å². The first-order valence-electron chi connectivity index (χ1n) is 3.90. The number of allylic oxidation sites excluding steroid dienone is 1. The van der Waals surface area contributed by atoms with Crippen molar-refractivity contribution in [3.63, 3.8) is 0 Å². The summed E-state index contributed by atoms with van der Waals surface area (Å²) in [6.45, 7) is 6.98. The van der Waals surface area contributed by atoms with E-state index in [2.05, 4.69) is 11.3 Å². The predicted octanol–water partition coefficient (Wildman–Crippen LogP) is 1.33. The number of carbonyl (C=O) groups is 2. The molecule has 3 nitrogen and oxygen atoms in total. The number of Topliss-reactive ketones (excluding diaryl/α,β-unsaturated/α-hetero) is 1. The molecule has 0 aliphatic heterocycles. The zero-order valence-electron chi connectivity index (χ0n) is 7.50. The summed E-state index contributed by atoms with van der Waals surface area (Å²) in [5, 5.41) is 0. The third kappa shape index (κ3) is 3.91. The fourth-order valence-corrected chi connectivity index (χ4v) is 0.792. The fourth-order valence-electron chi connectivity index (χ4n) is 0.792. The van der Waals surface area contributed by atoms with Crippen molar-refractivity contribution in [2.45, 2.75) is 20.3 Å². The van der Waals surface area contributed by atoms with Gasteiger partial charge in [0.05, 0.1) is 13.0 Å². The molecule has 68 valence electrons. The van der Waals surface area contributed by atoms with Gasteiger partial charge in [-0.1, -0.05) is 6.08 Å². The molecule has 0 N–H and O–H groups in total. The molecule has 0 fully saturated rings. The number of hydrogen-bond donors (Lipinski definition) is 0. The van der Waals surface area contributed by atoms with Gasteiger partial charge in [0.15, 0.2) is 0 Å². The third-order valence-corrected chi connectivity index (χ3v) is 1.50. The van der Waals surface area contributed by atoms with Crippen LogP contribution in [0, 0.1) is 5.92 Å². The van der Waals surface area contributed by atoms with Crippen LogP contribution in [0.25, 0.3) is 0 Å². The molecule has 1 atom stereocenters.